The highest BCUT2D eigenvalue weighted by molar-refractivity contribution is 7.17. The van der Waals surface area contributed by atoms with E-state index in [0.717, 1.165) is 24.5 Å². The van der Waals surface area contributed by atoms with E-state index in [2.05, 4.69) is 15.2 Å². The average Bonchev–Trinajstić information content (AvgIpc) is 3.19. The van der Waals surface area contributed by atoms with Crippen LogP contribution >= 0.6 is 11.3 Å². The first-order valence-corrected chi connectivity index (χ1v) is 9.90. The highest BCUT2D eigenvalue weighted by atomic mass is 32.1. The van der Waals surface area contributed by atoms with Gasteiger partial charge >= 0.3 is 0 Å². The van der Waals surface area contributed by atoms with Crippen molar-refractivity contribution in [2.24, 2.45) is 0 Å². The molecule has 0 aliphatic carbocycles. The third-order valence-electron chi connectivity index (χ3n) is 4.68. The van der Waals surface area contributed by atoms with E-state index in [1.165, 1.54) is 42.9 Å². The predicted octanol–water partition coefficient (Wildman–Crippen LogP) is 5.19. The van der Waals surface area contributed by atoms with Gasteiger partial charge in [0.25, 0.3) is 5.91 Å². The summed E-state index contributed by atoms with van der Waals surface area (Å²) in [6.45, 7) is 2.01. The third kappa shape index (κ3) is 3.85. The summed E-state index contributed by atoms with van der Waals surface area (Å²) in [5.41, 5.74) is 2.25. The summed E-state index contributed by atoms with van der Waals surface area (Å²) < 4.78 is 14.0. The Morgan fingerprint density at radius 1 is 1.04 bits per heavy atom. The Morgan fingerprint density at radius 2 is 1.78 bits per heavy atom. The number of halogens is 1. The van der Waals surface area contributed by atoms with Crippen LogP contribution in [-0.2, 0) is 0 Å². The maximum Gasteiger partial charge on any atom is 0.267 e. The second kappa shape index (κ2) is 7.88. The Morgan fingerprint density at radius 3 is 2.59 bits per heavy atom. The summed E-state index contributed by atoms with van der Waals surface area (Å²) in [6.07, 6.45) is 5.10. The molecule has 1 aromatic heterocycles. The number of piperidine rings is 1. The number of anilines is 2. The van der Waals surface area contributed by atoms with Gasteiger partial charge in [0.2, 0.25) is 0 Å². The molecule has 3 aromatic rings. The molecule has 0 unspecified atom stereocenters. The summed E-state index contributed by atoms with van der Waals surface area (Å²) in [4.78, 5) is 19.7. The molecule has 1 saturated heterocycles. The molecule has 0 atom stereocenters. The van der Waals surface area contributed by atoms with E-state index in [1.54, 1.807) is 18.2 Å². The molecule has 2 heterocycles. The van der Waals surface area contributed by atoms with Crippen LogP contribution in [0.4, 0.5) is 15.8 Å². The topological polar surface area (TPSA) is 45.2 Å². The summed E-state index contributed by atoms with van der Waals surface area (Å²) in [5.74, 6) is -0.561. The zero-order chi connectivity index (χ0) is 18.6. The van der Waals surface area contributed by atoms with E-state index in [4.69, 9.17) is 0 Å². The van der Waals surface area contributed by atoms with Crippen molar-refractivity contribution in [2.75, 3.05) is 23.3 Å². The summed E-state index contributed by atoms with van der Waals surface area (Å²) in [6, 6.07) is 14.3. The molecule has 138 valence electrons. The van der Waals surface area contributed by atoms with E-state index in [-0.39, 0.29) is 11.7 Å². The van der Waals surface area contributed by atoms with E-state index >= 15 is 0 Å². The maximum atomic E-state index is 14.0. The van der Waals surface area contributed by atoms with E-state index in [0.29, 0.717) is 15.4 Å². The molecule has 2 aromatic carbocycles. The van der Waals surface area contributed by atoms with Gasteiger partial charge in [-0.25, -0.2) is 9.37 Å². The van der Waals surface area contributed by atoms with Crippen LogP contribution in [0.25, 0.3) is 10.6 Å². The van der Waals surface area contributed by atoms with Crippen LogP contribution in [0.1, 0.15) is 28.9 Å². The van der Waals surface area contributed by atoms with Gasteiger partial charge in [-0.2, -0.15) is 0 Å². The first-order chi connectivity index (χ1) is 13.2. The molecule has 0 bridgehead atoms. The van der Waals surface area contributed by atoms with E-state index in [1.807, 2.05) is 24.3 Å². The van der Waals surface area contributed by atoms with Crippen LogP contribution in [0.15, 0.2) is 54.7 Å². The zero-order valence-electron chi connectivity index (χ0n) is 14.8. The molecule has 0 radical (unpaired) electrons. The highest BCUT2D eigenvalue weighted by Gasteiger charge is 2.18. The van der Waals surface area contributed by atoms with Crippen molar-refractivity contribution in [3.05, 3.63) is 65.4 Å². The molecule has 1 aliphatic rings. The zero-order valence-corrected chi connectivity index (χ0v) is 15.6. The quantitative estimate of drug-likeness (QED) is 0.676. The van der Waals surface area contributed by atoms with Crippen molar-refractivity contribution in [3.8, 4) is 10.6 Å². The molecule has 0 spiro atoms. The third-order valence-corrected chi connectivity index (χ3v) is 5.71. The Hall–Kier alpha value is -2.73. The van der Waals surface area contributed by atoms with Gasteiger partial charge in [-0.15, -0.1) is 11.3 Å². The number of carbonyl (C=O) groups excluding carboxylic acids is 1. The number of benzene rings is 2. The summed E-state index contributed by atoms with van der Waals surface area (Å²) in [7, 11) is 0. The summed E-state index contributed by atoms with van der Waals surface area (Å²) >= 11 is 1.19. The lowest BCUT2D eigenvalue weighted by atomic mass is 10.1. The van der Waals surface area contributed by atoms with Gasteiger partial charge < -0.3 is 10.2 Å². The van der Waals surface area contributed by atoms with Crippen LogP contribution in [0.5, 0.6) is 0 Å². The number of hydrogen-bond donors (Lipinski definition) is 1. The van der Waals surface area contributed by atoms with Gasteiger partial charge in [0, 0.05) is 18.7 Å². The molecule has 0 saturated carbocycles. The fourth-order valence-electron chi connectivity index (χ4n) is 3.31. The minimum Gasteiger partial charge on any atom is -0.370 e. The molecular weight excluding hydrogens is 361 g/mol. The van der Waals surface area contributed by atoms with Crippen molar-refractivity contribution in [1.29, 1.82) is 0 Å². The molecular formula is C21H20FN3OS. The number of thiazole rings is 1. The largest absolute Gasteiger partial charge is 0.370 e. The van der Waals surface area contributed by atoms with Crippen molar-refractivity contribution in [2.45, 2.75) is 19.3 Å². The normalized spacial score (nSPS) is 14.2. The van der Waals surface area contributed by atoms with E-state index < -0.39 is 0 Å². The molecule has 1 aliphatic heterocycles. The second-order valence-corrected chi connectivity index (χ2v) is 7.56. The number of amides is 1. The maximum absolute atomic E-state index is 14.0. The molecule has 27 heavy (non-hydrogen) atoms. The smallest absolute Gasteiger partial charge is 0.267 e. The fraction of sp³-hybridized carbons (Fsp3) is 0.238. The second-order valence-electron chi connectivity index (χ2n) is 6.53. The van der Waals surface area contributed by atoms with Crippen LogP contribution in [0.2, 0.25) is 0 Å². The van der Waals surface area contributed by atoms with Gasteiger partial charge in [0.15, 0.2) is 0 Å². The van der Waals surface area contributed by atoms with Crippen molar-refractivity contribution in [3.63, 3.8) is 0 Å². The molecule has 1 fully saturated rings. The van der Waals surface area contributed by atoms with Gasteiger partial charge in [-0.3, -0.25) is 4.79 Å². The van der Waals surface area contributed by atoms with Gasteiger partial charge in [-0.1, -0.05) is 24.3 Å². The lowest BCUT2D eigenvalue weighted by Crippen LogP contribution is -2.30. The number of nitrogens with one attached hydrogen (secondary N) is 1. The molecule has 1 N–H and O–H groups in total. The van der Waals surface area contributed by atoms with Crippen LogP contribution in [0.3, 0.4) is 0 Å². The van der Waals surface area contributed by atoms with Crippen LogP contribution in [-0.4, -0.2) is 24.0 Å². The van der Waals surface area contributed by atoms with Gasteiger partial charge in [0.05, 0.1) is 17.6 Å². The van der Waals surface area contributed by atoms with Crippen LogP contribution < -0.4 is 10.2 Å². The first kappa shape index (κ1) is 17.7. The predicted molar refractivity (Wildman–Crippen MR) is 108 cm³/mol. The van der Waals surface area contributed by atoms with Gasteiger partial charge in [0.1, 0.15) is 15.7 Å². The van der Waals surface area contributed by atoms with Gasteiger partial charge in [-0.05, 0) is 43.5 Å². The Kier molecular flexibility index (Phi) is 5.16. The molecule has 6 heteroatoms. The minimum atomic E-state index is -0.339. The number of hydrogen-bond acceptors (Lipinski definition) is 4. The first-order valence-electron chi connectivity index (χ1n) is 9.08. The fourth-order valence-corrected chi connectivity index (χ4v) is 4.15. The average molecular weight is 381 g/mol. The van der Waals surface area contributed by atoms with Crippen molar-refractivity contribution >= 4 is 28.6 Å². The van der Waals surface area contributed by atoms with E-state index in [9.17, 15) is 9.18 Å². The number of aromatic nitrogens is 1. The lowest BCUT2D eigenvalue weighted by molar-refractivity contribution is 0.103. The Balaban J connectivity index is 1.54. The molecule has 4 nitrogen and oxygen atoms in total. The number of nitrogens with zero attached hydrogens (tertiary/aromatic N) is 2. The minimum absolute atomic E-state index is 0.223. The number of para-hydroxylation sites is 2. The monoisotopic (exact) mass is 381 g/mol. The Bertz CT molecular complexity index is 950. The molecule has 4 rings (SSSR count). The van der Waals surface area contributed by atoms with Crippen LogP contribution in [0, 0.1) is 5.82 Å². The van der Waals surface area contributed by atoms with Crippen molar-refractivity contribution < 1.29 is 9.18 Å². The molecule has 1 amide bonds. The summed E-state index contributed by atoms with van der Waals surface area (Å²) in [5, 5.41) is 3.50. The SMILES string of the molecule is O=C(Nc1ccccc1N1CCCCC1)c1cnc(-c2ccccc2F)s1. The highest BCUT2D eigenvalue weighted by Crippen LogP contribution is 2.31. The lowest BCUT2D eigenvalue weighted by Gasteiger charge is -2.30. The number of carbonyl (C=O) groups is 1. The standard InChI is InChI=1S/C21H20FN3OS/c22-16-9-3-2-8-15(16)21-23-14-19(27-21)20(26)24-17-10-4-5-11-18(17)25-12-6-1-7-13-25/h2-5,8-11,14H,1,6-7,12-13H2,(H,24,26). The van der Waals surface area contributed by atoms with Crippen molar-refractivity contribution in [1.82, 2.24) is 4.98 Å². The number of rotatable bonds is 4. The Labute approximate surface area is 161 Å².